The van der Waals surface area contributed by atoms with E-state index in [1.165, 1.54) is 0 Å². The zero-order valence-corrected chi connectivity index (χ0v) is 10.6. The standard InChI is InChI=1S/C13H11ClN4/c1-18(9-10-5-6-12(14)16-8-10)13-4-2-3-11(7-15)17-13/h2-6,8H,9H2,1H3. The van der Waals surface area contributed by atoms with E-state index in [-0.39, 0.29) is 0 Å². The molecule has 0 saturated heterocycles. The number of nitrogens with zero attached hydrogens (tertiary/aromatic N) is 4. The molecule has 0 bridgehead atoms. The first-order valence-corrected chi connectivity index (χ1v) is 5.75. The normalized spacial score (nSPS) is 9.83. The number of hydrogen-bond donors (Lipinski definition) is 0. The number of pyridine rings is 2. The molecule has 0 amide bonds. The van der Waals surface area contributed by atoms with E-state index in [4.69, 9.17) is 16.9 Å². The minimum absolute atomic E-state index is 0.411. The Morgan fingerprint density at radius 3 is 2.83 bits per heavy atom. The zero-order valence-electron chi connectivity index (χ0n) is 9.84. The van der Waals surface area contributed by atoms with Crippen molar-refractivity contribution in [2.75, 3.05) is 11.9 Å². The molecule has 2 aromatic rings. The molecule has 0 atom stereocenters. The van der Waals surface area contributed by atoms with Gasteiger partial charge in [-0.25, -0.2) is 9.97 Å². The summed E-state index contributed by atoms with van der Waals surface area (Å²) in [6.07, 6.45) is 1.73. The van der Waals surface area contributed by atoms with Crippen molar-refractivity contribution >= 4 is 17.4 Å². The average Bonchev–Trinajstić information content (AvgIpc) is 2.41. The van der Waals surface area contributed by atoms with E-state index < -0.39 is 0 Å². The van der Waals surface area contributed by atoms with Crippen LogP contribution in [0.5, 0.6) is 0 Å². The second kappa shape index (κ2) is 5.48. The van der Waals surface area contributed by atoms with Crippen molar-refractivity contribution in [2.45, 2.75) is 6.54 Å². The van der Waals surface area contributed by atoms with E-state index in [1.807, 2.05) is 36.2 Å². The third kappa shape index (κ3) is 2.96. The minimum Gasteiger partial charge on any atom is -0.355 e. The van der Waals surface area contributed by atoms with Crippen LogP contribution in [0.2, 0.25) is 5.15 Å². The van der Waals surface area contributed by atoms with Crippen LogP contribution in [0.3, 0.4) is 0 Å². The number of halogens is 1. The molecule has 2 rings (SSSR count). The van der Waals surface area contributed by atoms with Crippen molar-refractivity contribution in [1.29, 1.82) is 5.26 Å². The number of hydrogen-bond acceptors (Lipinski definition) is 4. The van der Waals surface area contributed by atoms with Gasteiger partial charge in [0.2, 0.25) is 0 Å². The third-order valence-corrected chi connectivity index (χ3v) is 2.67. The van der Waals surface area contributed by atoms with Crippen molar-refractivity contribution in [3.8, 4) is 6.07 Å². The van der Waals surface area contributed by atoms with Crippen LogP contribution in [-0.4, -0.2) is 17.0 Å². The molecule has 0 spiro atoms. The first kappa shape index (κ1) is 12.3. The molecule has 0 N–H and O–H groups in total. The summed E-state index contributed by atoms with van der Waals surface area (Å²) < 4.78 is 0. The van der Waals surface area contributed by atoms with Gasteiger partial charge < -0.3 is 4.90 Å². The van der Waals surface area contributed by atoms with E-state index in [2.05, 4.69) is 9.97 Å². The summed E-state index contributed by atoms with van der Waals surface area (Å²) in [5.41, 5.74) is 1.44. The Morgan fingerprint density at radius 2 is 2.17 bits per heavy atom. The molecule has 0 aliphatic carbocycles. The van der Waals surface area contributed by atoms with Gasteiger partial charge in [-0.15, -0.1) is 0 Å². The molecule has 2 aromatic heterocycles. The number of aromatic nitrogens is 2. The van der Waals surface area contributed by atoms with Gasteiger partial charge in [0, 0.05) is 19.8 Å². The SMILES string of the molecule is CN(Cc1ccc(Cl)nc1)c1cccc(C#N)n1. The molecular formula is C13H11ClN4. The topological polar surface area (TPSA) is 52.8 Å². The number of nitriles is 1. The lowest BCUT2D eigenvalue weighted by molar-refractivity contribution is 0.890. The van der Waals surface area contributed by atoms with E-state index in [9.17, 15) is 0 Å². The van der Waals surface area contributed by atoms with Gasteiger partial charge >= 0.3 is 0 Å². The fourth-order valence-corrected chi connectivity index (χ4v) is 1.66. The number of anilines is 1. The molecule has 18 heavy (non-hydrogen) atoms. The minimum atomic E-state index is 0.411. The van der Waals surface area contributed by atoms with Crippen LogP contribution in [0.15, 0.2) is 36.5 Å². The maximum Gasteiger partial charge on any atom is 0.142 e. The predicted octanol–water partition coefficient (Wildman–Crippen LogP) is 2.64. The zero-order chi connectivity index (χ0) is 13.0. The summed E-state index contributed by atoms with van der Waals surface area (Å²) in [5, 5.41) is 9.29. The van der Waals surface area contributed by atoms with E-state index in [1.54, 1.807) is 18.3 Å². The van der Waals surface area contributed by atoms with Crippen LogP contribution in [0.1, 0.15) is 11.3 Å². The molecular weight excluding hydrogens is 248 g/mol. The first-order valence-electron chi connectivity index (χ1n) is 5.38. The van der Waals surface area contributed by atoms with Crippen LogP contribution in [0.25, 0.3) is 0 Å². The summed E-state index contributed by atoms with van der Waals surface area (Å²) in [4.78, 5) is 10.2. The highest BCUT2D eigenvalue weighted by Gasteiger charge is 2.04. The van der Waals surface area contributed by atoms with Crippen molar-refractivity contribution in [2.24, 2.45) is 0 Å². The van der Waals surface area contributed by atoms with Crippen LogP contribution in [0, 0.1) is 11.3 Å². The molecule has 90 valence electrons. The van der Waals surface area contributed by atoms with Crippen LogP contribution >= 0.6 is 11.6 Å². The van der Waals surface area contributed by atoms with E-state index in [0.29, 0.717) is 17.4 Å². The molecule has 0 saturated carbocycles. The Labute approximate surface area is 110 Å². The van der Waals surface area contributed by atoms with Gasteiger partial charge in [0.25, 0.3) is 0 Å². The lowest BCUT2D eigenvalue weighted by atomic mass is 10.2. The second-order valence-corrected chi connectivity index (χ2v) is 4.23. The summed E-state index contributed by atoms with van der Waals surface area (Å²) in [6.45, 7) is 0.659. The monoisotopic (exact) mass is 258 g/mol. The van der Waals surface area contributed by atoms with E-state index >= 15 is 0 Å². The Kier molecular flexibility index (Phi) is 3.75. The van der Waals surface area contributed by atoms with Crippen molar-refractivity contribution in [3.63, 3.8) is 0 Å². The smallest absolute Gasteiger partial charge is 0.142 e. The lowest BCUT2D eigenvalue weighted by Crippen LogP contribution is -2.17. The van der Waals surface area contributed by atoms with Crippen molar-refractivity contribution < 1.29 is 0 Å². The van der Waals surface area contributed by atoms with Gasteiger partial charge in [0.1, 0.15) is 22.7 Å². The van der Waals surface area contributed by atoms with Crippen LogP contribution in [-0.2, 0) is 6.54 Å². The fourth-order valence-electron chi connectivity index (χ4n) is 1.55. The lowest BCUT2D eigenvalue weighted by Gasteiger charge is -2.17. The van der Waals surface area contributed by atoms with Gasteiger partial charge in [-0.2, -0.15) is 5.26 Å². The third-order valence-electron chi connectivity index (χ3n) is 2.45. The molecule has 4 nitrogen and oxygen atoms in total. The van der Waals surface area contributed by atoms with Gasteiger partial charge in [-0.3, -0.25) is 0 Å². The Bertz CT molecular complexity index is 574. The van der Waals surface area contributed by atoms with Crippen LogP contribution in [0.4, 0.5) is 5.82 Å². The summed E-state index contributed by atoms with van der Waals surface area (Å²) in [7, 11) is 1.91. The maximum absolute atomic E-state index is 8.81. The van der Waals surface area contributed by atoms with Gasteiger partial charge in [0.05, 0.1) is 0 Å². The highest BCUT2D eigenvalue weighted by molar-refractivity contribution is 6.29. The quantitative estimate of drug-likeness (QED) is 0.794. The predicted molar refractivity (Wildman–Crippen MR) is 70.3 cm³/mol. The highest BCUT2D eigenvalue weighted by atomic mass is 35.5. The fraction of sp³-hybridized carbons (Fsp3) is 0.154. The largest absolute Gasteiger partial charge is 0.355 e. The van der Waals surface area contributed by atoms with Gasteiger partial charge in [0.15, 0.2) is 0 Å². The Hall–Kier alpha value is -2.12. The molecule has 0 radical (unpaired) electrons. The molecule has 2 heterocycles. The van der Waals surface area contributed by atoms with Crippen molar-refractivity contribution in [1.82, 2.24) is 9.97 Å². The first-order chi connectivity index (χ1) is 8.69. The summed E-state index contributed by atoms with van der Waals surface area (Å²) in [6, 6.07) is 11.1. The van der Waals surface area contributed by atoms with E-state index in [0.717, 1.165) is 11.4 Å². The summed E-state index contributed by atoms with van der Waals surface area (Å²) in [5.74, 6) is 0.754. The molecule has 0 unspecified atom stereocenters. The average molecular weight is 259 g/mol. The maximum atomic E-state index is 8.81. The molecule has 5 heteroatoms. The molecule has 0 fully saturated rings. The molecule has 0 aliphatic rings. The summed E-state index contributed by atoms with van der Waals surface area (Å²) >= 11 is 5.73. The molecule has 0 aromatic carbocycles. The van der Waals surface area contributed by atoms with Crippen LogP contribution < -0.4 is 4.90 Å². The van der Waals surface area contributed by atoms with Gasteiger partial charge in [-0.1, -0.05) is 23.7 Å². The Morgan fingerprint density at radius 1 is 1.33 bits per heavy atom. The van der Waals surface area contributed by atoms with Crippen molar-refractivity contribution in [3.05, 3.63) is 52.9 Å². The number of rotatable bonds is 3. The second-order valence-electron chi connectivity index (χ2n) is 3.84. The Balaban J connectivity index is 2.14. The van der Waals surface area contributed by atoms with Gasteiger partial charge in [-0.05, 0) is 23.8 Å². The highest BCUT2D eigenvalue weighted by Crippen LogP contribution is 2.13. The molecule has 0 aliphatic heterocycles.